The van der Waals surface area contributed by atoms with Crippen molar-refractivity contribution >= 4 is 21.8 Å². The second-order valence-corrected chi connectivity index (χ2v) is 8.47. The molecule has 1 spiro atoms. The molecule has 6 rings (SSSR count). The molecule has 2 N–H and O–H groups in total. The van der Waals surface area contributed by atoms with Crippen molar-refractivity contribution in [2.24, 2.45) is 5.41 Å². The summed E-state index contributed by atoms with van der Waals surface area (Å²) in [5.41, 5.74) is 3.08. The SMILES string of the molecule is O=c1[nH]nc([C@H]2CC3(C2)C[C@H](n2c(=O)[nH]c4ccccc42)C3)c2ccccc12. The van der Waals surface area contributed by atoms with E-state index in [2.05, 4.69) is 15.2 Å². The first kappa shape index (κ1) is 15.9. The van der Waals surface area contributed by atoms with E-state index in [-0.39, 0.29) is 17.3 Å². The van der Waals surface area contributed by atoms with E-state index in [1.165, 1.54) is 0 Å². The van der Waals surface area contributed by atoms with Crippen LogP contribution >= 0.6 is 0 Å². The minimum atomic E-state index is -0.129. The van der Waals surface area contributed by atoms with E-state index in [1.54, 1.807) is 0 Å². The Morgan fingerprint density at radius 1 is 0.929 bits per heavy atom. The highest BCUT2D eigenvalue weighted by molar-refractivity contribution is 5.84. The van der Waals surface area contributed by atoms with Crippen LogP contribution < -0.4 is 11.2 Å². The highest BCUT2D eigenvalue weighted by Gasteiger charge is 2.54. The minimum absolute atomic E-state index is 0.00906. The van der Waals surface area contributed by atoms with Gasteiger partial charge in [-0.25, -0.2) is 9.89 Å². The third-order valence-corrected chi connectivity index (χ3v) is 6.80. The summed E-state index contributed by atoms with van der Waals surface area (Å²) in [6.45, 7) is 0. The molecule has 0 amide bonds. The van der Waals surface area contributed by atoms with Crippen molar-refractivity contribution in [3.8, 4) is 0 Å². The van der Waals surface area contributed by atoms with Gasteiger partial charge in [0.05, 0.1) is 22.1 Å². The van der Waals surface area contributed by atoms with E-state index in [1.807, 2.05) is 53.1 Å². The van der Waals surface area contributed by atoms with Gasteiger partial charge in [-0.1, -0.05) is 30.3 Å². The number of fused-ring (bicyclic) bond motifs is 2. The van der Waals surface area contributed by atoms with Gasteiger partial charge in [-0.15, -0.1) is 0 Å². The summed E-state index contributed by atoms with van der Waals surface area (Å²) in [6.07, 6.45) is 4.21. The zero-order valence-electron chi connectivity index (χ0n) is 15.3. The Balaban J connectivity index is 1.25. The smallest absolute Gasteiger partial charge is 0.306 e. The normalized spacial score (nSPS) is 26.4. The maximum absolute atomic E-state index is 12.4. The van der Waals surface area contributed by atoms with E-state index >= 15 is 0 Å². The molecule has 0 aliphatic heterocycles. The molecule has 2 saturated carbocycles. The number of H-pyrrole nitrogens is 2. The lowest BCUT2D eigenvalue weighted by molar-refractivity contribution is -0.0353. The monoisotopic (exact) mass is 372 g/mol. The number of hydrogen-bond acceptors (Lipinski definition) is 3. The molecule has 4 aromatic rings. The number of nitrogens with one attached hydrogen (secondary N) is 2. The summed E-state index contributed by atoms with van der Waals surface area (Å²) < 4.78 is 1.93. The number of hydrogen-bond donors (Lipinski definition) is 2. The molecule has 0 radical (unpaired) electrons. The molecule has 6 heteroatoms. The predicted molar refractivity (Wildman–Crippen MR) is 108 cm³/mol. The van der Waals surface area contributed by atoms with E-state index in [0.717, 1.165) is 47.8 Å². The third kappa shape index (κ3) is 2.11. The molecule has 2 aliphatic carbocycles. The lowest BCUT2D eigenvalue weighted by Gasteiger charge is -2.57. The summed E-state index contributed by atoms with van der Waals surface area (Å²) in [7, 11) is 0. The molecule has 140 valence electrons. The number of benzene rings is 2. The van der Waals surface area contributed by atoms with E-state index in [0.29, 0.717) is 16.7 Å². The molecule has 2 aromatic carbocycles. The Kier molecular flexibility index (Phi) is 3.08. The van der Waals surface area contributed by atoms with E-state index in [4.69, 9.17) is 0 Å². The number of aromatic nitrogens is 4. The Labute approximate surface area is 160 Å². The van der Waals surface area contributed by atoms with Crippen LogP contribution in [0.3, 0.4) is 0 Å². The second-order valence-electron chi connectivity index (χ2n) is 8.47. The highest BCUT2D eigenvalue weighted by atomic mass is 16.1. The molecule has 0 unspecified atom stereocenters. The third-order valence-electron chi connectivity index (χ3n) is 6.80. The standard InChI is InChI=1S/C22H20N4O2/c27-20-16-6-2-1-5-15(16)19(24-25-20)13-9-22(10-13)11-14(12-22)26-18-8-4-3-7-17(18)23-21(26)28/h1-8,13-14H,9-12H2,(H,23,28)(H,25,27)/t13-,14-,22?. The van der Waals surface area contributed by atoms with Crippen molar-refractivity contribution in [3.63, 3.8) is 0 Å². The Morgan fingerprint density at radius 3 is 2.46 bits per heavy atom. The Bertz CT molecular complexity index is 1330. The molecule has 0 bridgehead atoms. The molecule has 28 heavy (non-hydrogen) atoms. The van der Waals surface area contributed by atoms with E-state index in [9.17, 15) is 9.59 Å². The van der Waals surface area contributed by atoms with Gasteiger partial charge in [0.15, 0.2) is 0 Å². The maximum atomic E-state index is 12.4. The van der Waals surface area contributed by atoms with Gasteiger partial charge in [0, 0.05) is 17.3 Å². The van der Waals surface area contributed by atoms with E-state index < -0.39 is 0 Å². The summed E-state index contributed by atoms with van der Waals surface area (Å²) in [5, 5.41) is 8.72. The van der Waals surface area contributed by atoms with Gasteiger partial charge < -0.3 is 4.98 Å². The van der Waals surface area contributed by atoms with Crippen molar-refractivity contribution in [2.45, 2.75) is 37.6 Å². The lowest BCUT2D eigenvalue weighted by Crippen LogP contribution is -2.49. The van der Waals surface area contributed by atoms with Gasteiger partial charge in [0.2, 0.25) is 0 Å². The maximum Gasteiger partial charge on any atom is 0.326 e. The molecule has 2 aliphatic rings. The van der Waals surface area contributed by atoms with Crippen molar-refractivity contribution in [1.29, 1.82) is 0 Å². The van der Waals surface area contributed by atoms with Crippen LogP contribution in [0.15, 0.2) is 58.1 Å². The van der Waals surface area contributed by atoms with Crippen molar-refractivity contribution in [3.05, 3.63) is 75.1 Å². The summed E-state index contributed by atoms with van der Waals surface area (Å²) >= 11 is 0. The highest BCUT2D eigenvalue weighted by Crippen LogP contribution is 2.65. The first-order valence-electron chi connectivity index (χ1n) is 9.80. The predicted octanol–water partition coefficient (Wildman–Crippen LogP) is 3.47. The number of imidazole rings is 1. The molecule has 2 aromatic heterocycles. The van der Waals surface area contributed by atoms with Gasteiger partial charge in [-0.2, -0.15) is 5.10 Å². The summed E-state index contributed by atoms with van der Waals surface area (Å²) in [5.74, 6) is 0.377. The molecular weight excluding hydrogens is 352 g/mol. The number of rotatable bonds is 2. The number of aromatic amines is 2. The van der Waals surface area contributed by atoms with Crippen LogP contribution in [0.25, 0.3) is 21.8 Å². The first-order chi connectivity index (χ1) is 13.6. The zero-order chi connectivity index (χ0) is 18.9. The summed E-state index contributed by atoms with van der Waals surface area (Å²) in [4.78, 5) is 27.4. The number of nitrogens with zero attached hydrogens (tertiary/aromatic N) is 2. The van der Waals surface area contributed by atoms with Crippen LogP contribution in [0.2, 0.25) is 0 Å². The van der Waals surface area contributed by atoms with Crippen LogP contribution in [0.5, 0.6) is 0 Å². The summed E-state index contributed by atoms with van der Waals surface area (Å²) in [6, 6.07) is 15.9. The lowest BCUT2D eigenvalue weighted by atomic mass is 9.49. The molecule has 6 nitrogen and oxygen atoms in total. The van der Waals surface area contributed by atoms with Crippen LogP contribution in [0.1, 0.15) is 43.3 Å². The fourth-order valence-corrected chi connectivity index (χ4v) is 5.52. The van der Waals surface area contributed by atoms with Gasteiger partial charge in [0.1, 0.15) is 0 Å². The zero-order valence-corrected chi connectivity index (χ0v) is 15.3. The van der Waals surface area contributed by atoms with Gasteiger partial charge in [-0.05, 0) is 49.3 Å². The van der Waals surface area contributed by atoms with Crippen molar-refractivity contribution < 1.29 is 0 Å². The molecule has 2 fully saturated rings. The van der Waals surface area contributed by atoms with Crippen LogP contribution in [-0.2, 0) is 0 Å². The van der Waals surface area contributed by atoms with Crippen LogP contribution in [-0.4, -0.2) is 19.7 Å². The Hall–Kier alpha value is -3.15. The van der Waals surface area contributed by atoms with Gasteiger partial charge in [-0.3, -0.25) is 9.36 Å². The number of para-hydroxylation sites is 2. The second kappa shape index (κ2) is 5.44. The van der Waals surface area contributed by atoms with Gasteiger partial charge in [0.25, 0.3) is 5.56 Å². The quantitative estimate of drug-likeness (QED) is 0.565. The molecule has 0 atom stereocenters. The molecule has 0 saturated heterocycles. The topological polar surface area (TPSA) is 83.5 Å². The first-order valence-corrected chi connectivity index (χ1v) is 9.80. The average Bonchev–Trinajstić information content (AvgIpc) is 2.97. The largest absolute Gasteiger partial charge is 0.326 e. The average molecular weight is 372 g/mol. The van der Waals surface area contributed by atoms with Gasteiger partial charge >= 0.3 is 5.69 Å². The minimum Gasteiger partial charge on any atom is -0.306 e. The molecular formula is C22H20N4O2. The Morgan fingerprint density at radius 2 is 1.64 bits per heavy atom. The van der Waals surface area contributed by atoms with Crippen LogP contribution in [0, 0.1) is 5.41 Å². The van der Waals surface area contributed by atoms with Crippen molar-refractivity contribution in [1.82, 2.24) is 19.7 Å². The fourth-order valence-electron chi connectivity index (χ4n) is 5.52. The fraction of sp³-hybridized carbons (Fsp3) is 0.318. The van der Waals surface area contributed by atoms with Crippen molar-refractivity contribution in [2.75, 3.05) is 0 Å². The van der Waals surface area contributed by atoms with Crippen LogP contribution in [0.4, 0.5) is 0 Å². The molecule has 2 heterocycles.